The number of carbonyl (C=O) groups is 2. The molecule has 1 aromatic rings. The van der Waals surface area contributed by atoms with Crippen molar-refractivity contribution in [3.8, 4) is 11.5 Å². The molecule has 0 saturated carbocycles. The Labute approximate surface area is 143 Å². The maximum Gasteiger partial charge on any atom is 0.338 e. The molecule has 0 aliphatic heterocycles. The molecule has 0 unspecified atom stereocenters. The molecule has 0 fully saturated rings. The third-order valence-electron chi connectivity index (χ3n) is 3.51. The van der Waals surface area contributed by atoms with E-state index in [-0.39, 0.29) is 18.1 Å². The molecule has 0 radical (unpaired) electrons. The minimum atomic E-state index is -0.605. The van der Waals surface area contributed by atoms with E-state index in [4.69, 9.17) is 14.2 Å². The van der Waals surface area contributed by atoms with E-state index in [0.29, 0.717) is 24.6 Å². The molecule has 132 valence electrons. The van der Waals surface area contributed by atoms with Crippen LogP contribution in [0.1, 0.15) is 29.8 Å². The van der Waals surface area contributed by atoms with E-state index in [1.54, 1.807) is 17.0 Å². The number of esters is 1. The van der Waals surface area contributed by atoms with Gasteiger partial charge in [0.25, 0.3) is 5.91 Å². The van der Waals surface area contributed by atoms with Crippen LogP contribution in [0.5, 0.6) is 11.5 Å². The van der Waals surface area contributed by atoms with Crippen LogP contribution in [0.25, 0.3) is 0 Å². The first-order valence-electron chi connectivity index (χ1n) is 7.65. The molecule has 0 heterocycles. The number of likely N-dealkylation sites (N-methyl/N-ethyl adjacent to an activating group) is 1. The Morgan fingerprint density at radius 3 is 2.12 bits per heavy atom. The Morgan fingerprint density at radius 2 is 1.71 bits per heavy atom. The predicted molar refractivity (Wildman–Crippen MR) is 91.6 cm³/mol. The molecule has 1 rings (SSSR count). The van der Waals surface area contributed by atoms with E-state index in [1.807, 2.05) is 20.8 Å². The molecule has 0 bridgehead atoms. The quantitative estimate of drug-likeness (QED) is 0.540. The molecule has 0 saturated heterocycles. The molecule has 6 heteroatoms. The summed E-state index contributed by atoms with van der Waals surface area (Å²) in [6.45, 7) is 9.96. The summed E-state index contributed by atoms with van der Waals surface area (Å²) in [7, 11) is 3.02. The van der Waals surface area contributed by atoms with E-state index in [0.717, 1.165) is 11.1 Å². The Kier molecular flexibility index (Phi) is 7.30. The van der Waals surface area contributed by atoms with Gasteiger partial charge in [-0.3, -0.25) is 4.79 Å². The van der Waals surface area contributed by atoms with Crippen molar-refractivity contribution in [3.05, 3.63) is 35.4 Å². The lowest BCUT2D eigenvalue weighted by Gasteiger charge is -2.20. The highest BCUT2D eigenvalue weighted by molar-refractivity contribution is 5.92. The van der Waals surface area contributed by atoms with Gasteiger partial charge in [0.1, 0.15) is 11.5 Å². The van der Waals surface area contributed by atoms with Gasteiger partial charge in [0.2, 0.25) is 0 Å². The largest absolute Gasteiger partial charge is 0.496 e. The van der Waals surface area contributed by atoms with Gasteiger partial charge in [0, 0.05) is 18.7 Å². The molecule has 24 heavy (non-hydrogen) atoms. The third kappa shape index (κ3) is 5.01. The average molecular weight is 335 g/mol. The number of amides is 1. The van der Waals surface area contributed by atoms with Crippen molar-refractivity contribution in [1.29, 1.82) is 0 Å². The Bertz CT molecular complexity index is 599. The van der Waals surface area contributed by atoms with Crippen LogP contribution in [-0.2, 0) is 9.53 Å². The minimum absolute atomic E-state index is 0.264. The average Bonchev–Trinajstić information content (AvgIpc) is 2.57. The van der Waals surface area contributed by atoms with Gasteiger partial charge >= 0.3 is 5.97 Å². The van der Waals surface area contributed by atoms with E-state index < -0.39 is 5.97 Å². The molecule has 1 aromatic carbocycles. The second-order valence-corrected chi connectivity index (χ2v) is 5.45. The smallest absolute Gasteiger partial charge is 0.338 e. The highest BCUT2D eigenvalue weighted by Crippen LogP contribution is 2.29. The molecule has 6 nitrogen and oxygen atoms in total. The fourth-order valence-electron chi connectivity index (χ4n) is 2.21. The van der Waals surface area contributed by atoms with E-state index in [1.165, 1.54) is 14.2 Å². The van der Waals surface area contributed by atoms with Crippen molar-refractivity contribution in [3.63, 3.8) is 0 Å². The lowest BCUT2D eigenvalue weighted by Crippen LogP contribution is -2.35. The van der Waals surface area contributed by atoms with Crippen LogP contribution in [-0.4, -0.2) is 50.7 Å². The van der Waals surface area contributed by atoms with E-state index in [2.05, 4.69) is 6.58 Å². The van der Waals surface area contributed by atoms with Crippen LogP contribution in [0.2, 0.25) is 0 Å². The van der Waals surface area contributed by atoms with Crippen LogP contribution in [0.15, 0.2) is 24.3 Å². The summed E-state index contributed by atoms with van der Waals surface area (Å²) in [4.78, 5) is 25.9. The number of carbonyl (C=O) groups excluding carboxylic acids is 2. The van der Waals surface area contributed by atoms with Crippen molar-refractivity contribution in [2.24, 2.45) is 0 Å². The normalized spacial score (nSPS) is 10.0. The topological polar surface area (TPSA) is 65.1 Å². The number of ether oxygens (including phenoxy) is 3. The van der Waals surface area contributed by atoms with Crippen molar-refractivity contribution in [2.75, 3.05) is 33.9 Å². The van der Waals surface area contributed by atoms with Gasteiger partial charge in [-0.15, -0.1) is 0 Å². The van der Waals surface area contributed by atoms with Crippen LogP contribution < -0.4 is 9.47 Å². The summed E-state index contributed by atoms with van der Waals surface area (Å²) >= 11 is 0. The zero-order chi connectivity index (χ0) is 18.3. The summed E-state index contributed by atoms with van der Waals surface area (Å²) in [5.74, 6) is 0.168. The second kappa shape index (κ2) is 8.96. The first-order valence-corrected chi connectivity index (χ1v) is 7.65. The van der Waals surface area contributed by atoms with Gasteiger partial charge in [0.05, 0.1) is 19.8 Å². The maximum absolute atomic E-state index is 12.2. The number of benzene rings is 1. The standard InChI is InChI=1S/C18H25NO5/c1-7-19(10-12(2)3)17(20)11-24-18(21)14-8-15(22-5)13(4)16(9-14)23-6/h8-9H,2,7,10-11H2,1,3-6H3. The number of hydrogen-bond acceptors (Lipinski definition) is 5. The zero-order valence-corrected chi connectivity index (χ0v) is 15.0. The minimum Gasteiger partial charge on any atom is -0.496 e. The third-order valence-corrected chi connectivity index (χ3v) is 3.51. The van der Waals surface area contributed by atoms with Gasteiger partial charge in [-0.2, -0.15) is 0 Å². The Hall–Kier alpha value is -2.50. The van der Waals surface area contributed by atoms with Crippen LogP contribution in [0.3, 0.4) is 0 Å². The van der Waals surface area contributed by atoms with Gasteiger partial charge in [-0.25, -0.2) is 4.79 Å². The second-order valence-electron chi connectivity index (χ2n) is 5.45. The molecule has 0 aliphatic carbocycles. The summed E-state index contributed by atoms with van der Waals surface area (Å²) < 4.78 is 15.6. The van der Waals surface area contributed by atoms with Gasteiger partial charge in [-0.1, -0.05) is 12.2 Å². The first kappa shape index (κ1) is 19.5. The molecule has 0 aliphatic rings. The number of methoxy groups -OCH3 is 2. The summed E-state index contributed by atoms with van der Waals surface area (Å²) in [5.41, 5.74) is 1.92. The molecular weight excluding hydrogens is 310 g/mol. The van der Waals surface area contributed by atoms with Crippen LogP contribution in [0.4, 0.5) is 0 Å². The molecule has 1 amide bonds. The molecule has 0 atom stereocenters. The molecule has 0 N–H and O–H groups in total. The summed E-state index contributed by atoms with van der Waals surface area (Å²) in [5, 5.41) is 0. The highest BCUT2D eigenvalue weighted by Gasteiger charge is 2.18. The maximum atomic E-state index is 12.2. The Balaban J connectivity index is 2.81. The van der Waals surface area contributed by atoms with Crippen molar-refractivity contribution < 1.29 is 23.8 Å². The highest BCUT2D eigenvalue weighted by atomic mass is 16.5. The predicted octanol–water partition coefficient (Wildman–Crippen LogP) is 2.59. The summed E-state index contributed by atoms with van der Waals surface area (Å²) in [6, 6.07) is 3.13. The number of nitrogens with zero attached hydrogens (tertiary/aromatic N) is 1. The number of hydrogen-bond donors (Lipinski definition) is 0. The van der Waals surface area contributed by atoms with Gasteiger partial charge < -0.3 is 19.1 Å². The Morgan fingerprint density at radius 1 is 1.17 bits per heavy atom. The monoisotopic (exact) mass is 335 g/mol. The first-order chi connectivity index (χ1) is 11.3. The van der Waals surface area contributed by atoms with Gasteiger partial charge in [0.15, 0.2) is 6.61 Å². The molecular formula is C18H25NO5. The molecule has 0 aromatic heterocycles. The van der Waals surface area contributed by atoms with E-state index in [9.17, 15) is 9.59 Å². The van der Waals surface area contributed by atoms with Crippen LogP contribution in [0, 0.1) is 6.92 Å². The zero-order valence-electron chi connectivity index (χ0n) is 15.0. The fraction of sp³-hybridized carbons (Fsp3) is 0.444. The molecule has 0 spiro atoms. The lowest BCUT2D eigenvalue weighted by molar-refractivity contribution is -0.133. The number of rotatable bonds is 8. The van der Waals surface area contributed by atoms with Gasteiger partial charge in [-0.05, 0) is 32.9 Å². The van der Waals surface area contributed by atoms with Crippen molar-refractivity contribution in [2.45, 2.75) is 20.8 Å². The van der Waals surface area contributed by atoms with Crippen molar-refractivity contribution >= 4 is 11.9 Å². The SMILES string of the molecule is C=C(C)CN(CC)C(=O)COC(=O)c1cc(OC)c(C)c(OC)c1. The van der Waals surface area contributed by atoms with E-state index >= 15 is 0 Å². The fourth-order valence-corrected chi connectivity index (χ4v) is 2.21. The lowest BCUT2D eigenvalue weighted by atomic mass is 10.1. The summed E-state index contributed by atoms with van der Waals surface area (Å²) in [6.07, 6.45) is 0. The van der Waals surface area contributed by atoms with Crippen LogP contribution >= 0.6 is 0 Å². The van der Waals surface area contributed by atoms with Crippen molar-refractivity contribution in [1.82, 2.24) is 4.90 Å².